The third-order valence-electron chi connectivity index (χ3n) is 4.90. The zero-order valence-electron chi connectivity index (χ0n) is 16.4. The van der Waals surface area contributed by atoms with Crippen molar-refractivity contribution in [3.8, 4) is 0 Å². The monoisotopic (exact) mass is 377 g/mol. The average Bonchev–Trinajstić information content (AvgIpc) is 2.72. The Morgan fingerprint density at radius 2 is 1.82 bits per heavy atom. The zero-order chi connectivity index (χ0) is 20.1. The molecule has 0 radical (unpaired) electrons. The lowest BCUT2D eigenvalue weighted by Gasteiger charge is -2.14. The molecular formula is C23H25N2O3+. The van der Waals surface area contributed by atoms with E-state index in [2.05, 4.69) is 36.5 Å². The number of nitrogens with one attached hydrogen (secondary N) is 1. The van der Waals surface area contributed by atoms with E-state index in [0.29, 0.717) is 11.3 Å². The Morgan fingerprint density at radius 1 is 1.07 bits per heavy atom. The largest absolute Gasteiger partial charge is 0.465 e. The molecule has 0 aliphatic heterocycles. The van der Waals surface area contributed by atoms with E-state index >= 15 is 0 Å². The molecule has 0 fully saturated rings. The second kappa shape index (κ2) is 8.67. The van der Waals surface area contributed by atoms with Gasteiger partial charge in [0.2, 0.25) is 0 Å². The first-order valence-corrected chi connectivity index (χ1v) is 9.29. The first kappa shape index (κ1) is 19.6. The fourth-order valence-electron chi connectivity index (χ4n) is 3.26. The van der Waals surface area contributed by atoms with E-state index in [1.807, 2.05) is 30.4 Å². The molecule has 0 aromatic heterocycles. The highest BCUT2D eigenvalue weighted by atomic mass is 16.5. The van der Waals surface area contributed by atoms with Gasteiger partial charge in [0, 0.05) is 11.3 Å². The fourth-order valence-corrected chi connectivity index (χ4v) is 3.26. The molecule has 3 N–H and O–H groups in total. The molecule has 28 heavy (non-hydrogen) atoms. The van der Waals surface area contributed by atoms with Crippen LogP contribution in [0.1, 0.15) is 34.5 Å². The van der Waals surface area contributed by atoms with Gasteiger partial charge in [0.25, 0.3) is 5.91 Å². The summed E-state index contributed by atoms with van der Waals surface area (Å²) in [4.78, 5) is 24.2. The van der Waals surface area contributed by atoms with Crippen LogP contribution in [-0.2, 0) is 9.53 Å². The number of hydrogen-bond acceptors (Lipinski definition) is 3. The van der Waals surface area contributed by atoms with Crippen LogP contribution < -0.4 is 10.6 Å². The number of ether oxygens (including phenoxy) is 1. The van der Waals surface area contributed by atoms with Gasteiger partial charge in [-0.05, 0) is 42.3 Å². The summed E-state index contributed by atoms with van der Waals surface area (Å²) in [5, 5.41) is 7.30. The first-order chi connectivity index (χ1) is 13.5. The van der Waals surface area contributed by atoms with E-state index in [4.69, 9.17) is 4.74 Å². The van der Waals surface area contributed by atoms with Gasteiger partial charge in [0.15, 0.2) is 6.54 Å². The highest BCUT2D eigenvalue weighted by Gasteiger charge is 2.15. The molecule has 5 nitrogen and oxygen atoms in total. The minimum atomic E-state index is -0.424. The second-order valence-corrected chi connectivity index (χ2v) is 6.87. The molecule has 0 aliphatic carbocycles. The lowest BCUT2D eigenvalue weighted by atomic mass is 10.00. The maximum absolute atomic E-state index is 12.5. The van der Waals surface area contributed by atoms with Crippen LogP contribution in [0.2, 0.25) is 0 Å². The summed E-state index contributed by atoms with van der Waals surface area (Å²) >= 11 is 0. The Balaban J connectivity index is 1.66. The van der Waals surface area contributed by atoms with Crippen molar-refractivity contribution < 1.29 is 19.6 Å². The molecule has 3 rings (SSSR count). The van der Waals surface area contributed by atoms with Crippen molar-refractivity contribution in [2.75, 3.05) is 19.0 Å². The SMILES string of the molecule is COC(=O)c1ccc(C)c(NC(=O)C[NH2+][C@H](C)c2cccc3ccccc23)c1. The number of quaternary nitrogens is 1. The average molecular weight is 377 g/mol. The fraction of sp³-hybridized carbons (Fsp3) is 0.217. The number of esters is 1. The number of anilines is 1. The van der Waals surface area contributed by atoms with E-state index in [9.17, 15) is 9.59 Å². The summed E-state index contributed by atoms with van der Waals surface area (Å²) in [7, 11) is 1.34. The highest BCUT2D eigenvalue weighted by Crippen LogP contribution is 2.22. The van der Waals surface area contributed by atoms with Gasteiger partial charge < -0.3 is 15.4 Å². The van der Waals surface area contributed by atoms with Crippen LogP contribution in [0.5, 0.6) is 0 Å². The van der Waals surface area contributed by atoms with Gasteiger partial charge in [-0.1, -0.05) is 48.5 Å². The van der Waals surface area contributed by atoms with Crippen molar-refractivity contribution in [1.82, 2.24) is 0 Å². The summed E-state index contributed by atoms with van der Waals surface area (Å²) < 4.78 is 4.74. The Labute approximate surface area is 164 Å². The molecule has 0 unspecified atom stereocenters. The normalized spacial score (nSPS) is 11.8. The molecule has 0 bridgehead atoms. The molecule has 144 valence electrons. The second-order valence-electron chi connectivity index (χ2n) is 6.87. The Kier molecular flexibility index (Phi) is 6.06. The molecule has 5 heteroatoms. The number of aryl methyl sites for hydroxylation is 1. The summed E-state index contributed by atoms with van der Waals surface area (Å²) in [5.74, 6) is -0.538. The van der Waals surface area contributed by atoms with Crippen LogP contribution in [0.15, 0.2) is 60.7 Å². The van der Waals surface area contributed by atoms with Gasteiger partial charge in [-0.15, -0.1) is 0 Å². The summed E-state index contributed by atoms with van der Waals surface area (Å²) in [6, 6.07) is 19.8. The van der Waals surface area contributed by atoms with Crippen LogP contribution in [-0.4, -0.2) is 25.5 Å². The topological polar surface area (TPSA) is 72.0 Å². The number of carbonyl (C=O) groups is 2. The number of rotatable bonds is 6. The summed E-state index contributed by atoms with van der Waals surface area (Å²) in [6.45, 7) is 4.27. The Morgan fingerprint density at radius 3 is 2.61 bits per heavy atom. The van der Waals surface area contributed by atoms with Gasteiger partial charge in [0.1, 0.15) is 6.04 Å². The van der Waals surface area contributed by atoms with Crippen LogP contribution >= 0.6 is 0 Å². The minimum Gasteiger partial charge on any atom is -0.465 e. The summed E-state index contributed by atoms with van der Waals surface area (Å²) in [6.07, 6.45) is 0. The first-order valence-electron chi connectivity index (χ1n) is 9.29. The van der Waals surface area contributed by atoms with Crippen molar-refractivity contribution >= 4 is 28.3 Å². The van der Waals surface area contributed by atoms with Crippen molar-refractivity contribution in [2.24, 2.45) is 0 Å². The molecule has 3 aromatic rings. The Bertz CT molecular complexity index is 1010. The van der Waals surface area contributed by atoms with Gasteiger partial charge >= 0.3 is 5.97 Å². The van der Waals surface area contributed by atoms with E-state index in [1.54, 1.807) is 18.2 Å². The number of hydrogen-bond donors (Lipinski definition) is 2. The van der Waals surface area contributed by atoms with Gasteiger partial charge in [0.05, 0.1) is 12.7 Å². The van der Waals surface area contributed by atoms with Crippen LogP contribution in [0, 0.1) is 6.92 Å². The maximum Gasteiger partial charge on any atom is 0.337 e. The van der Waals surface area contributed by atoms with Gasteiger partial charge in [-0.25, -0.2) is 4.79 Å². The molecular weight excluding hydrogens is 352 g/mol. The number of methoxy groups -OCH3 is 1. The number of benzene rings is 3. The minimum absolute atomic E-state index is 0.114. The smallest absolute Gasteiger partial charge is 0.337 e. The van der Waals surface area contributed by atoms with E-state index in [0.717, 1.165) is 5.56 Å². The number of fused-ring (bicyclic) bond motifs is 1. The van der Waals surface area contributed by atoms with E-state index in [1.165, 1.54) is 23.4 Å². The number of nitrogens with two attached hydrogens (primary N) is 1. The Hall–Kier alpha value is -3.18. The maximum atomic E-state index is 12.5. The molecule has 1 amide bonds. The van der Waals surface area contributed by atoms with Crippen molar-refractivity contribution in [3.05, 3.63) is 77.4 Å². The predicted molar refractivity (Wildman–Crippen MR) is 110 cm³/mol. The lowest BCUT2D eigenvalue weighted by molar-refractivity contribution is -0.682. The van der Waals surface area contributed by atoms with Crippen molar-refractivity contribution in [1.29, 1.82) is 0 Å². The highest BCUT2D eigenvalue weighted by molar-refractivity contribution is 5.95. The predicted octanol–water partition coefficient (Wildman–Crippen LogP) is 3.20. The molecule has 0 aliphatic rings. The standard InChI is InChI=1S/C23H24N2O3/c1-15-11-12-18(23(27)28-3)13-21(15)25-22(26)14-24-16(2)19-10-6-8-17-7-4-5-9-20(17)19/h4-13,16,24H,14H2,1-3H3,(H,25,26)/p+1/t16-/m1/s1. The molecule has 3 aromatic carbocycles. The van der Waals surface area contributed by atoms with Crippen molar-refractivity contribution in [2.45, 2.75) is 19.9 Å². The molecule has 0 saturated heterocycles. The quantitative estimate of drug-likeness (QED) is 0.648. The number of carbonyl (C=O) groups excluding carboxylic acids is 2. The third kappa shape index (κ3) is 4.38. The molecule has 0 saturated carbocycles. The van der Waals surface area contributed by atoms with Crippen molar-refractivity contribution in [3.63, 3.8) is 0 Å². The van der Waals surface area contributed by atoms with Gasteiger partial charge in [-0.3, -0.25) is 4.79 Å². The van der Waals surface area contributed by atoms with Crippen LogP contribution in [0.4, 0.5) is 5.69 Å². The summed E-state index contributed by atoms with van der Waals surface area (Å²) in [5.41, 5.74) is 3.13. The lowest BCUT2D eigenvalue weighted by Crippen LogP contribution is -2.86. The van der Waals surface area contributed by atoms with Crippen LogP contribution in [0.3, 0.4) is 0 Å². The van der Waals surface area contributed by atoms with Gasteiger partial charge in [-0.2, -0.15) is 0 Å². The molecule has 1 atom stereocenters. The van der Waals surface area contributed by atoms with E-state index < -0.39 is 5.97 Å². The third-order valence-corrected chi connectivity index (χ3v) is 4.90. The molecule has 0 heterocycles. The zero-order valence-corrected chi connectivity index (χ0v) is 16.4. The molecule has 0 spiro atoms. The van der Waals surface area contributed by atoms with E-state index in [-0.39, 0.29) is 18.5 Å². The number of amides is 1. The van der Waals surface area contributed by atoms with Crippen LogP contribution in [0.25, 0.3) is 10.8 Å².